The van der Waals surface area contributed by atoms with Gasteiger partial charge in [-0.15, -0.1) is 0 Å². The van der Waals surface area contributed by atoms with Gasteiger partial charge in [0.2, 0.25) is 0 Å². The lowest BCUT2D eigenvalue weighted by molar-refractivity contribution is -0.385. The number of azide groups is 1. The summed E-state index contributed by atoms with van der Waals surface area (Å²) < 4.78 is 26.0. The SMILES string of the molecule is CC(C)(C)OC(=O)COc1cc(CN=[N+]=[N-])ccc1[N+](=O)[O-].CC(C)(C)OC(=O)COc1cc(CNC(=O)OC(C)(C)C)ccc1N. The monoisotopic (exact) mass is 660 g/mol. The highest BCUT2D eigenvalue weighted by Gasteiger charge is 2.21. The number of rotatable bonds is 11. The van der Waals surface area contributed by atoms with Crippen LogP contribution < -0.4 is 20.5 Å². The zero-order valence-electron chi connectivity index (χ0n) is 28.2. The van der Waals surface area contributed by atoms with Crippen molar-refractivity contribution in [2.45, 2.75) is 92.2 Å². The molecule has 16 heteroatoms. The highest BCUT2D eigenvalue weighted by Crippen LogP contribution is 2.28. The summed E-state index contributed by atoms with van der Waals surface area (Å²) in [6, 6.07) is 9.11. The van der Waals surface area contributed by atoms with Crippen molar-refractivity contribution >= 4 is 29.4 Å². The minimum Gasteiger partial charge on any atom is -0.480 e. The van der Waals surface area contributed by atoms with Crippen LogP contribution in [0.1, 0.15) is 73.4 Å². The molecule has 0 unspecified atom stereocenters. The minimum absolute atomic E-state index is 0.0251. The first kappa shape index (κ1) is 39.8. The summed E-state index contributed by atoms with van der Waals surface area (Å²) >= 11 is 0. The number of ether oxygens (including phenoxy) is 5. The van der Waals surface area contributed by atoms with Gasteiger partial charge in [0.1, 0.15) is 22.6 Å². The van der Waals surface area contributed by atoms with E-state index in [4.69, 9.17) is 34.9 Å². The smallest absolute Gasteiger partial charge is 0.407 e. The molecule has 0 aliphatic rings. The zero-order valence-corrected chi connectivity index (χ0v) is 28.2. The van der Waals surface area contributed by atoms with Gasteiger partial charge in [-0.3, -0.25) is 10.1 Å². The number of benzene rings is 2. The molecule has 0 radical (unpaired) electrons. The Labute approximate surface area is 273 Å². The average molecular weight is 661 g/mol. The molecule has 16 nitrogen and oxygen atoms in total. The minimum atomic E-state index is -0.671. The van der Waals surface area contributed by atoms with Gasteiger partial charge in [-0.05, 0) is 97.2 Å². The Hall–Kier alpha value is -5.24. The van der Waals surface area contributed by atoms with E-state index >= 15 is 0 Å². The van der Waals surface area contributed by atoms with Crippen molar-refractivity contribution in [2.75, 3.05) is 18.9 Å². The number of hydrogen-bond donors (Lipinski definition) is 2. The summed E-state index contributed by atoms with van der Waals surface area (Å²) in [4.78, 5) is 47.9. The lowest BCUT2D eigenvalue weighted by atomic mass is 10.2. The van der Waals surface area contributed by atoms with Gasteiger partial charge in [-0.2, -0.15) is 0 Å². The molecule has 47 heavy (non-hydrogen) atoms. The van der Waals surface area contributed by atoms with Gasteiger partial charge in [0, 0.05) is 17.5 Å². The van der Waals surface area contributed by atoms with Gasteiger partial charge in [0.05, 0.1) is 17.2 Å². The van der Waals surface area contributed by atoms with Crippen molar-refractivity contribution in [1.29, 1.82) is 0 Å². The molecule has 0 saturated carbocycles. The van der Waals surface area contributed by atoms with Crippen molar-refractivity contribution in [2.24, 2.45) is 5.11 Å². The number of anilines is 1. The summed E-state index contributed by atoms with van der Waals surface area (Å²) in [7, 11) is 0. The number of alkyl carbamates (subject to hydrolysis) is 1. The van der Waals surface area contributed by atoms with E-state index in [0.29, 0.717) is 17.0 Å². The maximum absolute atomic E-state index is 11.7. The molecule has 1 amide bonds. The Bertz CT molecular complexity index is 1450. The standard InChI is InChI=1S/C18H28N2O5.C13H16N4O5/c1-17(2,3)24-15(21)11-23-14-9-12(7-8-13(14)19)10-20-16(22)25-18(4,5)6;1-13(2,3)22-12(18)8-21-11-6-9(7-15-16-14)4-5-10(11)17(19)20/h7-9H,10-11,19H2,1-6H3,(H,20,22);4-6H,7-8H2,1-3H3. The Kier molecular flexibility index (Phi) is 14.8. The van der Waals surface area contributed by atoms with Gasteiger partial charge in [0.25, 0.3) is 0 Å². The highest BCUT2D eigenvalue weighted by atomic mass is 16.6. The van der Waals surface area contributed by atoms with Crippen LogP contribution in [-0.2, 0) is 36.9 Å². The number of nitrogens with two attached hydrogens (primary N) is 1. The predicted molar refractivity (Wildman–Crippen MR) is 173 cm³/mol. The van der Waals surface area contributed by atoms with Gasteiger partial charge in [-0.25, -0.2) is 14.4 Å². The van der Waals surface area contributed by atoms with Crippen molar-refractivity contribution in [3.05, 3.63) is 68.1 Å². The molecule has 0 bridgehead atoms. The number of nitrogens with zero attached hydrogens (tertiary/aromatic N) is 4. The molecule has 258 valence electrons. The second-order valence-corrected chi connectivity index (χ2v) is 12.9. The fourth-order valence-corrected chi connectivity index (χ4v) is 3.35. The first-order chi connectivity index (χ1) is 21.6. The third-order valence-corrected chi connectivity index (χ3v) is 4.98. The van der Waals surface area contributed by atoms with Gasteiger partial charge in [-0.1, -0.05) is 17.2 Å². The summed E-state index contributed by atoms with van der Waals surface area (Å²) in [5, 5.41) is 17.0. The molecule has 0 aliphatic carbocycles. The number of esters is 2. The topological polar surface area (TPSA) is 227 Å². The number of nitrogen functional groups attached to an aromatic ring is 1. The van der Waals surface area contributed by atoms with Crippen LogP contribution in [0.3, 0.4) is 0 Å². The molecule has 0 fully saturated rings. The molecule has 0 aromatic heterocycles. The number of carbonyl (C=O) groups is 3. The van der Waals surface area contributed by atoms with Gasteiger partial charge < -0.3 is 34.7 Å². The van der Waals surface area contributed by atoms with E-state index in [9.17, 15) is 24.5 Å². The van der Waals surface area contributed by atoms with Crippen molar-refractivity contribution in [3.8, 4) is 11.5 Å². The lowest BCUT2D eigenvalue weighted by Crippen LogP contribution is -2.32. The number of hydrogen-bond acceptors (Lipinski definition) is 12. The van der Waals surface area contributed by atoms with E-state index in [-0.39, 0.29) is 31.1 Å². The molecule has 2 aromatic carbocycles. The maximum Gasteiger partial charge on any atom is 0.407 e. The van der Waals surface area contributed by atoms with E-state index in [1.165, 1.54) is 18.2 Å². The first-order valence-corrected chi connectivity index (χ1v) is 14.4. The fourth-order valence-electron chi connectivity index (χ4n) is 3.35. The predicted octanol–water partition coefficient (Wildman–Crippen LogP) is 6.14. The van der Waals surface area contributed by atoms with Crippen LogP contribution >= 0.6 is 0 Å². The number of nitro benzene ring substituents is 1. The Morgan fingerprint density at radius 1 is 0.830 bits per heavy atom. The van der Waals surface area contributed by atoms with Gasteiger partial charge >= 0.3 is 23.7 Å². The number of carbonyl (C=O) groups excluding carboxylic acids is 3. The van der Waals surface area contributed by atoms with Crippen LogP contribution in [0.4, 0.5) is 16.2 Å². The number of nitrogens with one attached hydrogen (secondary N) is 1. The summed E-state index contributed by atoms with van der Waals surface area (Å²) in [6.07, 6.45) is -0.513. The summed E-state index contributed by atoms with van der Waals surface area (Å²) in [6.45, 7) is 15.4. The lowest BCUT2D eigenvalue weighted by Gasteiger charge is -2.20. The molecule has 0 heterocycles. The van der Waals surface area contributed by atoms with E-state index in [0.717, 1.165) is 5.56 Å². The third kappa shape index (κ3) is 17.7. The van der Waals surface area contributed by atoms with E-state index in [2.05, 4.69) is 15.3 Å². The van der Waals surface area contributed by atoms with E-state index in [1.807, 2.05) is 0 Å². The maximum atomic E-state index is 11.7. The Morgan fingerprint density at radius 2 is 1.32 bits per heavy atom. The third-order valence-electron chi connectivity index (χ3n) is 4.98. The van der Waals surface area contributed by atoms with Crippen LogP contribution in [0.5, 0.6) is 11.5 Å². The molecule has 2 aromatic rings. The quantitative estimate of drug-likeness (QED) is 0.0406. The van der Waals surface area contributed by atoms with Crippen LogP contribution in [0.2, 0.25) is 0 Å². The molecule has 0 saturated heterocycles. The normalized spacial score (nSPS) is 11.1. The largest absolute Gasteiger partial charge is 0.480 e. The number of amides is 1. The Morgan fingerprint density at radius 3 is 1.81 bits per heavy atom. The summed E-state index contributed by atoms with van der Waals surface area (Å²) in [5.41, 5.74) is 13.7. The molecule has 0 atom stereocenters. The first-order valence-electron chi connectivity index (χ1n) is 14.4. The molecule has 3 N–H and O–H groups in total. The van der Waals surface area contributed by atoms with Crippen molar-refractivity contribution < 1.29 is 43.0 Å². The fraction of sp³-hybridized carbons (Fsp3) is 0.516. The highest BCUT2D eigenvalue weighted by molar-refractivity contribution is 5.72. The zero-order chi connectivity index (χ0) is 36.0. The summed E-state index contributed by atoms with van der Waals surface area (Å²) in [5.74, 6) is -0.845. The molecular formula is C31H44N6O10. The van der Waals surface area contributed by atoms with Crippen LogP contribution in [0, 0.1) is 10.1 Å². The second kappa shape index (κ2) is 17.5. The van der Waals surface area contributed by atoms with Crippen LogP contribution in [-0.4, -0.2) is 53.0 Å². The van der Waals surface area contributed by atoms with Crippen LogP contribution in [0.25, 0.3) is 10.4 Å². The Balaban J connectivity index is 0.000000474. The van der Waals surface area contributed by atoms with Crippen LogP contribution in [0.15, 0.2) is 41.5 Å². The number of nitro groups is 1. The molecule has 0 aliphatic heterocycles. The second-order valence-electron chi connectivity index (χ2n) is 12.9. The van der Waals surface area contributed by atoms with E-state index < -0.39 is 46.4 Å². The molecular weight excluding hydrogens is 616 g/mol. The van der Waals surface area contributed by atoms with Gasteiger partial charge in [0.15, 0.2) is 19.0 Å². The molecule has 0 spiro atoms. The van der Waals surface area contributed by atoms with Crippen molar-refractivity contribution in [3.63, 3.8) is 0 Å². The molecule has 2 rings (SSSR count). The van der Waals surface area contributed by atoms with Crippen molar-refractivity contribution in [1.82, 2.24) is 5.32 Å². The average Bonchev–Trinajstić information content (AvgIpc) is 2.91. The van der Waals surface area contributed by atoms with E-state index in [1.54, 1.807) is 80.5 Å².